The van der Waals surface area contributed by atoms with Gasteiger partial charge in [0.25, 0.3) is 5.91 Å². The largest absolute Gasteiger partial charge is 0.489 e. The topological polar surface area (TPSA) is 41.6 Å². The minimum absolute atomic E-state index is 0.114. The lowest BCUT2D eigenvalue weighted by Gasteiger charge is -2.32. The zero-order valence-electron chi connectivity index (χ0n) is 16.4. The van der Waals surface area contributed by atoms with Gasteiger partial charge in [-0.25, -0.2) is 0 Å². The molecule has 144 valence electrons. The van der Waals surface area contributed by atoms with E-state index in [-0.39, 0.29) is 5.91 Å². The first-order valence-electron chi connectivity index (χ1n) is 9.88. The quantitative estimate of drug-likeness (QED) is 0.804. The van der Waals surface area contributed by atoms with Crippen LogP contribution in [0.1, 0.15) is 40.7 Å². The molecule has 1 N–H and O–H groups in total. The second-order valence-electron chi connectivity index (χ2n) is 7.43. The maximum Gasteiger partial charge on any atom is 0.253 e. The van der Waals surface area contributed by atoms with Crippen LogP contribution in [-0.2, 0) is 6.61 Å². The van der Waals surface area contributed by atoms with Crippen LogP contribution in [0.2, 0.25) is 0 Å². The van der Waals surface area contributed by atoms with E-state index >= 15 is 0 Å². The summed E-state index contributed by atoms with van der Waals surface area (Å²) in [6.45, 7) is 5.34. The Kier molecular flexibility index (Phi) is 6.88. The molecule has 0 radical (unpaired) electrons. The van der Waals surface area contributed by atoms with Gasteiger partial charge < -0.3 is 15.0 Å². The third kappa shape index (κ3) is 5.57. The van der Waals surface area contributed by atoms with E-state index in [0.717, 1.165) is 49.7 Å². The Balaban J connectivity index is 1.56. The zero-order valence-corrected chi connectivity index (χ0v) is 16.4. The molecule has 0 saturated carbocycles. The highest BCUT2D eigenvalue weighted by atomic mass is 16.5. The summed E-state index contributed by atoms with van der Waals surface area (Å²) in [5, 5.41) is 3.21. The van der Waals surface area contributed by atoms with E-state index in [1.54, 1.807) is 0 Å². The van der Waals surface area contributed by atoms with Gasteiger partial charge in [-0.05, 0) is 69.5 Å². The maximum atomic E-state index is 12.8. The highest BCUT2D eigenvalue weighted by Gasteiger charge is 2.23. The molecule has 0 aliphatic carbocycles. The number of amides is 1. The fraction of sp³-hybridized carbons (Fsp3) is 0.435. The first-order valence-corrected chi connectivity index (χ1v) is 9.88. The first-order chi connectivity index (χ1) is 13.2. The monoisotopic (exact) mass is 366 g/mol. The van der Waals surface area contributed by atoms with Gasteiger partial charge in [0, 0.05) is 18.7 Å². The number of benzene rings is 2. The van der Waals surface area contributed by atoms with Crippen LogP contribution >= 0.6 is 0 Å². The minimum atomic E-state index is 0.114. The lowest BCUT2D eigenvalue weighted by Crippen LogP contribution is -2.38. The van der Waals surface area contributed by atoms with Crippen molar-refractivity contribution in [3.63, 3.8) is 0 Å². The van der Waals surface area contributed by atoms with E-state index in [2.05, 4.69) is 30.4 Å². The van der Waals surface area contributed by atoms with E-state index in [4.69, 9.17) is 4.74 Å². The van der Waals surface area contributed by atoms with Gasteiger partial charge in [-0.3, -0.25) is 4.79 Å². The van der Waals surface area contributed by atoms with Crippen LogP contribution in [0.3, 0.4) is 0 Å². The molecule has 4 heteroatoms. The summed E-state index contributed by atoms with van der Waals surface area (Å²) in [5.74, 6) is 1.58. The predicted octanol–water partition coefficient (Wildman–Crippen LogP) is 4.04. The molecule has 0 spiro atoms. The molecule has 3 rings (SSSR count). The number of carbonyl (C=O) groups is 1. The number of aryl methyl sites for hydroxylation is 1. The van der Waals surface area contributed by atoms with E-state index in [1.807, 2.05) is 42.3 Å². The van der Waals surface area contributed by atoms with Crippen LogP contribution in [-0.4, -0.2) is 37.5 Å². The molecule has 4 nitrogen and oxygen atoms in total. The summed E-state index contributed by atoms with van der Waals surface area (Å²) < 4.78 is 5.91. The molecule has 27 heavy (non-hydrogen) atoms. The number of rotatable bonds is 7. The third-order valence-electron chi connectivity index (χ3n) is 5.27. The number of carbonyl (C=O) groups excluding carboxylic acids is 1. The van der Waals surface area contributed by atoms with Crippen molar-refractivity contribution in [2.24, 2.45) is 5.92 Å². The van der Waals surface area contributed by atoms with E-state index in [0.29, 0.717) is 12.2 Å². The second kappa shape index (κ2) is 9.56. The Morgan fingerprint density at radius 1 is 1.15 bits per heavy atom. The summed E-state index contributed by atoms with van der Waals surface area (Å²) in [4.78, 5) is 14.8. The normalized spacial score (nSPS) is 15.0. The molecular formula is C23H30N2O2. The molecule has 1 amide bonds. The molecule has 0 unspecified atom stereocenters. The van der Waals surface area contributed by atoms with E-state index in [1.165, 1.54) is 12.0 Å². The lowest BCUT2D eigenvalue weighted by atomic mass is 9.93. The van der Waals surface area contributed by atoms with Crippen molar-refractivity contribution < 1.29 is 9.53 Å². The van der Waals surface area contributed by atoms with Crippen molar-refractivity contribution in [2.45, 2.75) is 32.8 Å². The van der Waals surface area contributed by atoms with Crippen molar-refractivity contribution in [3.05, 3.63) is 65.2 Å². The van der Waals surface area contributed by atoms with Gasteiger partial charge in [-0.1, -0.05) is 35.9 Å². The standard InChI is InChI=1S/C23H30N2O2/c1-18-5-3-6-20(15-18)17-27-22-8-4-7-21(16-22)23(26)25-13-10-19(11-14-25)9-12-24-2/h3-8,15-16,19,24H,9-14,17H2,1-2H3. The van der Waals surface area contributed by atoms with Crippen LogP contribution in [0, 0.1) is 12.8 Å². The van der Waals surface area contributed by atoms with Crippen LogP contribution < -0.4 is 10.1 Å². The zero-order chi connectivity index (χ0) is 19.1. The van der Waals surface area contributed by atoms with Crippen LogP contribution in [0.5, 0.6) is 5.75 Å². The summed E-state index contributed by atoms with van der Waals surface area (Å²) in [7, 11) is 1.99. The summed E-state index contributed by atoms with van der Waals surface area (Å²) >= 11 is 0. The fourth-order valence-electron chi connectivity index (χ4n) is 3.64. The van der Waals surface area contributed by atoms with Crippen LogP contribution in [0.25, 0.3) is 0 Å². The first kappa shape index (κ1) is 19.4. The number of piperidine rings is 1. The molecule has 1 fully saturated rings. The number of hydrogen-bond acceptors (Lipinski definition) is 3. The van der Waals surface area contributed by atoms with Gasteiger partial charge in [0.15, 0.2) is 0 Å². The molecule has 1 saturated heterocycles. The Bertz CT molecular complexity index is 752. The Morgan fingerprint density at radius 2 is 1.93 bits per heavy atom. The van der Waals surface area contributed by atoms with Gasteiger partial charge in [-0.15, -0.1) is 0 Å². The molecule has 1 heterocycles. The number of likely N-dealkylation sites (tertiary alicyclic amines) is 1. The SMILES string of the molecule is CNCCC1CCN(C(=O)c2cccc(OCc3cccc(C)c3)c2)CC1. The maximum absolute atomic E-state index is 12.8. The number of ether oxygens (including phenoxy) is 1. The highest BCUT2D eigenvalue weighted by molar-refractivity contribution is 5.94. The third-order valence-corrected chi connectivity index (χ3v) is 5.27. The van der Waals surface area contributed by atoms with E-state index in [9.17, 15) is 4.79 Å². The fourth-order valence-corrected chi connectivity index (χ4v) is 3.64. The second-order valence-corrected chi connectivity index (χ2v) is 7.43. The minimum Gasteiger partial charge on any atom is -0.489 e. The predicted molar refractivity (Wildman–Crippen MR) is 109 cm³/mol. The number of hydrogen-bond donors (Lipinski definition) is 1. The van der Waals surface area contributed by atoms with Gasteiger partial charge in [0.1, 0.15) is 12.4 Å². The summed E-state index contributed by atoms with van der Waals surface area (Å²) in [5.41, 5.74) is 3.07. The van der Waals surface area contributed by atoms with Gasteiger partial charge in [0.2, 0.25) is 0 Å². The Hall–Kier alpha value is -2.33. The van der Waals surface area contributed by atoms with Gasteiger partial charge in [-0.2, -0.15) is 0 Å². The molecule has 0 bridgehead atoms. The average molecular weight is 367 g/mol. The lowest BCUT2D eigenvalue weighted by molar-refractivity contribution is 0.0686. The van der Waals surface area contributed by atoms with Crippen molar-refractivity contribution in [1.29, 1.82) is 0 Å². The van der Waals surface area contributed by atoms with Crippen molar-refractivity contribution in [1.82, 2.24) is 10.2 Å². The smallest absolute Gasteiger partial charge is 0.253 e. The molecule has 2 aromatic carbocycles. The average Bonchev–Trinajstić information content (AvgIpc) is 2.71. The van der Waals surface area contributed by atoms with Crippen molar-refractivity contribution >= 4 is 5.91 Å². The molecule has 0 atom stereocenters. The Labute approximate surface area is 162 Å². The summed E-state index contributed by atoms with van der Waals surface area (Å²) in [6.07, 6.45) is 3.38. The molecular weight excluding hydrogens is 336 g/mol. The van der Waals surface area contributed by atoms with Crippen molar-refractivity contribution in [2.75, 3.05) is 26.7 Å². The van der Waals surface area contributed by atoms with Gasteiger partial charge >= 0.3 is 0 Å². The Morgan fingerprint density at radius 3 is 2.67 bits per heavy atom. The molecule has 0 aromatic heterocycles. The van der Waals surface area contributed by atoms with E-state index < -0.39 is 0 Å². The molecule has 2 aromatic rings. The summed E-state index contributed by atoms with van der Waals surface area (Å²) in [6, 6.07) is 15.8. The number of nitrogens with one attached hydrogen (secondary N) is 1. The van der Waals surface area contributed by atoms with Crippen molar-refractivity contribution in [3.8, 4) is 5.75 Å². The van der Waals surface area contributed by atoms with Crippen LogP contribution in [0.4, 0.5) is 0 Å². The number of nitrogens with zero attached hydrogens (tertiary/aromatic N) is 1. The van der Waals surface area contributed by atoms with Crippen LogP contribution in [0.15, 0.2) is 48.5 Å². The molecule has 1 aliphatic heterocycles. The molecule has 1 aliphatic rings. The van der Waals surface area contributed by atoms with Gasteiger partial charge in [0.05, 0.1) is 0 Å². The highest BCUT2D eigenvalue weighted by Crippen LogP contribution is 2.23.